The molecule has 0 radical (unpaired) electrons. The summed E-state index contributed by atoms with van der Waals surface area (Å²) in [5, 5.41) is 19.1. The van der Waals surface area contributed by atoms with Gasteiger partial charge in [-0.15, -0.1) is 0 Å². The Hall–Kier alpha value is -3.68. The van der Waals surface area contributed by atoms with Crippen LogP contribution in [0.5, 0.6) is 0 Å². The number of ether oxygens (including phenoxy) is 2. The van der Waals surface area contributed by atoms with Crippen LogP contribution < -0.4 is 32.5 Å². The summed E-state index contributed by atoms with van der Waals surface area (Å²) in [7, 11) is -8.54. The molecule has 0 unspecified atom stereocenters. The summed E-state index contributed by atoms with van der Waals surface area (Å²) in [6.07, 6.45) is 28.9. The second-order valence-corrected chi connectivity index (χ2v) is 87.8. The Kier molecular flexibility index (Phi) is 61.4. The molecule has 2 heterocycles. The van der Waals surface area contributed by atoms with E-state index in [2.05, 4.69) is 187 Å². The minimum atomic E-state index is -2.42. The average molecular weight is 2170 g/mol. The number of hydrogen-bond acceptors (Lipinski definition) is 17. The molecule has 0 bridgehead atoms. The fourth-order valence-corrected chi connectivity index (χ4v) is 48.2. The molecule has 0 aliphatic heterocycles. The zero-order chi connectivity index (χ0) is 94.8. The molecule has 8 atom stereocenters. The number of halogens is 2. The topological polar surface area (TPSA) is 308 Å². The van der Waals surface area contributed by atoms with E-state index in [-0.39, 0.29) is 133 Å². The molecule has 125 heavy (non-hydrogen) atoms. The van der Waals surface area contributed by atoms with E-state index in [0.29, 0.717) is 23.9 Å². The summed E-state index contributed by atoms with van der Waals surface area (Å²) in [6, 6.07) is -1.64. The fourth-order valence-electron chi connectivity index (χ4n) is 13.7. The molecule has 720 valence electrons. The first-order valence-corrected chi connectivity index (χ1v) is 75.6. The molecule has 0 aromatic carbocycles. The van der Waals surface area contributed by atoms with Gasteiger partial charge in [0.05, 0.1) is 25.0 Å². The number of rotatable bonds is 55. The van der Waals surface area contributed by atoms with Crippen LogP contribution in [0.25, 0.3) is 0 Å². The van der Waals surface area contributed by atoms with Crippen molar-refractivity contribution in [2.75, 3.05) is 13.1 Å². The van der Waals surface area contributed by atoms with Gasteiger partial charge < -0.3 is 33.8 Å². The summed E-state index contributed by atoms with van der Waals surface area (Å²) < 4.78 is 51.8. The molecule has 2 rings (SSSR count). The number of carboxylic acids is 1. The van der Waals surface area contributed by atoms with Gasteiger partial charge in [-0.3, -0.25) is 14.4 Å². The van der Waals surface area contributed by atoms with Gasteiger partial charge >= 0.3 is 398 Å². The first-order valence-electron chi connectivity index (χ1n) is 45.8. The van der Waals surface area contributed by atoms with Crippen LogP contribution in [0.2, 0.25) is 102 Å². The van der Waals surface area contributed by atoms with Gasteiger partial charge in [-0.25, -0.2) is 14.8 Å². The number of aromatic carboxylic acids is 1. The van der Waals surface area contributed by atoms with E-state index in [1.807, 2.05) is 113 Å². The number of hydrogen-bond donors (Lipinski definition) is 5. The number of amides is 3. The monoisotopic (exact) mass is 2160 g/mol. The SMILES string of the molecule is C.C.C/C(Br)=C\[C@H](CC(=O)Cc1nc(C(=O)O)c([Si](C)(C)C)o1)O[Si](C)(C)C(C)(C)C.CCC[CH2][Sn](/[CH]=C/CNC(=O)/C=C/[C@@H](C)[C@H](OC(=O)[C@@H](C)N)C(C)C)([CH2]CCC)[CH2]CCC.CCC[CH2][Sn](/[CH]=C/CNC(=O)/C=C/[C@@H](C)[C@H](OC(=O)[C@@H](C)NC(=O)c1nc(CC(=O)C[C@@H](/C=C(\C)Br)O[Si](C)(C)C(C)(C)C)oc1[Si](C)(C)C)C(C)C)([CH2]CCC)[CH2]CCC. The quantitative estimate of drug-likeness (QED) is 0.0233. The summed E-state index contributed by atoms with van der Waals surface area (Å²) in [4.78, 5) is 111. The zero-order valence-corrected chi connectivity index (χ0v) is 95.3. The molecule has 2 aromatic heterocycles. The maximum absolute atomic E-state index is 13.7. The van der Waals surface area contributed by atoms with Crippen molar-refractivity contribution in [1.82, 2.24) is 25.9 Å². The van der Waals surface area contributed by atoms with Crippen LogP contribution in [-0.4, -0.2) is 181 Å². The number of nitrogens with zero attached hydrogens (tertiary/aromatic N) is 2. The minimum absolute atomic E-state index is 0. The van der Waals surface area contributed by atoms with Crippen molar-refractivity contribution in [2.24, 2.45) is 29.4 Å². The van der Waals surface area contributed by atoms with Crippen molar-refractivity contribution in [3.63, 3.8) is 0 Å². The number of unbranched alkanes of at least 4 members (excludes halogenated alkanes) is 6. The van der Waals surface area contributed by atoms with Crippen molar-refractivity contribution >= 4 is 159 Å². The third-order valence-corrected chi connectivity index (χ3v) is 64.4. The molecular weight excluding hydrogens is 1990 g/mol. The number of oxazole rings is 2. The molecule has 3 amide bonds. The van der Waals surface area contributed by atoms with Crippen molar-refractivity contribution in [2.45, 2.75) is 409 Å². The summed E-state index contributed by atoms with van der Waals surface area (Å²) in [5.41, 5.74) is 5.64. The molecule has 0 fully saturated rings. The van der Waals surface area contributed by atoms with E-state index in [9.17, 15) is 43.5 Å². The fraction of sp³-hybridized carbons (Fsp3) is 0.729. The number of carbonyl (C=O) groups is 8. The van der Waals surface area contributed by atoms with Crippen LogP contribution in [0.15, 0.2) is 74.6 Å². The molecule has 0 aliphatic carbocycles. The molecule has 0 saturated heterocycles. The van der Waals surface area contributed by atoms with Crippen molar-refractivity contribution in [3.05, 3.63) is 88.9 Å². The number of carboxylic acid groups (broad SMARTS) is 1. The van der Waals surface area contributed by atoms with E-state index in [1.165, 1.54) is 110 Å². The van der Waals surface area contributed by atoms with Gasteiger partial charge in [-0.1, -0.05) is 128 Å². The first kappa shape index (κ1) is 125. The Morgan fingerprint density at radius 2 is 0.808 bits per heavy atom. The molecule has 2 aromatic rings. The van der Waals surface area contributed by atoms with Gasteiger partial charge in [0.15, 0.2) is 28.0 Å². The third-order valence-electron chi connectivity index (χ3n) is 22.9. The molecule has 21 nitrogen and oxygen atoms in total. The molecule has 6 N–H and O–H groups in total. The maximum atomic E-state index is 13.7. The predicted octanol–water partition coefficient (Wildman–Crippen LogP) is 23.9. The zero-order valence-electron chi connectivity index (χ0n) is 82.4. The van der Waals surface area contributed by atoms with E-state index in [1.54, 1.807) is 26.0 Å². The number of aromatic nitrogens is 2. The van der Waals surface area contributed by atoms with Crippen molar-refractivity contribution in [3.8, 4) is 0 Å². The molecule has 29 heteroatoms. The number of carbonyl (C=O) groups excluding carboxylic acids is 7. The first-order chi connectivity index (χ1) is 56.8. The average Bonchev–Trinajstić information content (AvgIpc) is 1.72. The van der Waals surface area contributed by atoms with Crippen molar-refractivity contribution in [1.29, 1.82) is 0 Å². The second kappa shape index (κ2) is 61.2. The molecule has 0 spiro atoms. The number of nitrogens with two attached hydrogens (primary N) is 1. The predicted molar refractivity (Wildman–Crippen MR) is 546 cm³/mol. The van der Waals surface area contributed by atoms with Crippen molar-refractivity contribution < 1.29 is 70.6 Å². The number of allylic oxidation sites excluding steroid dienone is 2. The number of nitrogens with one attached hydrogen (secondary N) is 3. The molecule has 0 saturated carbocycles. The van der Waals surface area contributed by atoms with E-state index in [4.69, 9.17) is 32.9 Å². The Morgan fingerprint density at radius 1 is 0.504 bits per heavy atom. The Labute approximate surface area is 789 Å². The van der Waals surface area contributed by atoms with E-state index in [0.717, 1.165) is 8.96 Å². The number of Topliss-reactive ketones (excluding diaryl/α,β-unsaturated/α-hetero) is 2. The van der Waals surface area contributed by atoms with Gasteiger partial charge in [-0.05, 0) is 85.1 Å². The van der Waals surface area contributed by atoms with Gasteiger partial charge in [0.25, 0.3) is 5.91 Å². The molecular formula is C96H178Br2N6O15Si4Sn2. The second-order valence-electron chi connectivity index (χ2n) is 39.9. The van der Waals surface area contributed by atoms with Gasteiger partial charge in [-0.2, -0.15) is 0 Å². The van der Waals surface area contributed by atoms with Gasteiger partial charge in [0.1, 0.15) is 38.5 Å². The van der Waals surface area contributed by atoms with Crippen LogP contribution in [0.1, 0.15) is 290 Å². The summed E-state index contributed by atoms with van der Waals surface area (Å²) in [6.45, 7) is 67.2. The van der Waals surface area contributed by atoms with E-state index >= 15 is 0 Å². The number of ketones is 2. The van der Waals surface area contributed by atoms with Gasteiger partial charge in [0.2, 0.25) is 11.8 Å². The normalized spacial score (nSPS) is 14.9. The molecule has 0 aliphatic rings. The van der Waals surface area contributed by atoms with Gasteiger partial charge in [0, 0.05) is 12.8 Å². The van der Waals surface area contributed by atoms with Crippen LogP contribution in [0.4, 0.5) is 0 Å². The van der Waals surface area contributed by atoms with Crippen LogP contribution >= 0.6 is 31.9 Å². The van der Waals surface area contributed by atoms with Crippen LogP contribution in [0.3, 0.4) is 0 Å². The summed E-state index contributed by atoms with van der Waals surface area (Å²) >= 11 is 2.23. The van der Waals surface area contributed by atoms with Crippen LogP contribution in [0, 0.1) is 23.7 Å². The number of esters is 2. The third kappa shape index (κ3) is 49.6. The standard InChI is InChI=1S/C35H57BrN3O7Si2.C20H34BrNO5Si2.C15H25N2O3.6C4H9.2CH4.2Sn/c1-15-18-37-28(41)17-16-23(4)31(22(2)3)45-33(43)25(6)38-32(42)30-34(47(10,11)12)44-29(39-30)21-26(40)20-27(19-24(5)36)46-48(13,14)35(7,8)9;1-13(21)10-15(27-29(8,9)20(2,3)4)11-14(23)12-16-22-17(18(24)25)19(26-16)28(5,6)7;1-6-9-17-13(18)8-7-11(4)14(10(2)3)20-15(19)12(5)16;6*1-3-4-2;;;;/h1,15-17,19,22-23,25,27,31H,18,20-21H2,2-14H3,(H,37,41)(H,38,42);10,15H,11-12H2,1-9H3,(H,24,25);1,6-8,10-12,14H,9,16H2,2-5H3,(H,17,18);6*1,3-4H2,2H3;2*1H4;;/b15-1?,17-16+,24-19+;13-10+;6-1?,8-7+;;;;;;;;;;/t23-,25-,27-,31-;15-;11-,12-,14-;;;;;;;;;;/m111........../s1. The Balaban J connectivity index is -0.00000196. The summed E-state index contributed by atoms with van der Waals surface area (Å²) in [5.74, 6) is -3.13. The Morgan fingerprint density at radius 3 is 1.07 bits per heavy atom. The Bertz CT molecular complexity index is 3700. The van der Waals surface area contributed by atoms with E-state index < -0.39 is 118 Å². The van der Waals surface area contributed by atoms with Crippen LogP contribution in [-0.2, 0) is 59.9 Å².